The van der Waals surface area contributed by atoms with Crippen molar-refractivity contribution in [3.8, 4) is 0 Å². The Morgan fingerprint density at radius 1 is 1.53 bits per heavy atom. The van der Waals surface area contributed by atoms with E-state index in [0.717, 1.165) is 0 Å². The molecule has 0 spiro atoms. The number of carbonyl (C=O) groups is 1. The monoisotopic (exact) mass is 386 g/mol. The van der Waals surface area contributed by atoms with Gasteiger partial charge in [-0.15, -0.1) is 0 Å². The molecule has 1 saturated heterocycles. The van der Waals surface area contributed by atoms with Crippen molar-refractivity contribution in [2.45, 2.75) is 6.42 Å². The van der Waals surface area contributed by atoms with Crippen LogP contribution in [0.5, 0.6) is 0 Å². The van der Waals surface area contributed by atoms with Crippen LogP contribution >= 0.6 is 38.2 Å². The Labute approximate surface area is 128 Å². The zero-order chi connectivity index (χ0) is 14.2. The number of nitrogens with zero attached hydrogens (tertiary/aromatic N) is 2. The van der Waals surface area contributed by atoms with E-state index >= 15 is 0 Å². The van der Waals surface area contributed by atoms with E-state index in [4.69, 9.17) is 22.3 Å². The van der Waals surface area contributed by atoms with Crippen LogP contribution < -0.4 is 4.90 Å². The van der Waals surface area contributed by atoms with Crippen LogP contribution in [-0.2, 0) is 13.8 Å². The molecule has 2 rings (SSSR count). The Hall–Kier alpha value is -0.370. The molecule has 1 aliphatic heterocycles. The molecule has 1 amide bonds. The van der Waals surface area contributed by atoms with Crippen LogP contribution in [0.4, 0.5) is 5.69 Å². The number of anilines is 1. The molecule has 1 aromatic heterocycles. The Balaban J connectivity index is 2.23. The molecule has 0 N–H and O–H groups in total. The van der Waals surface area contributed by atoms with Gasteiger partial charge in [-0.2, -0.15) is 0 Å². The number of pyridine rings is 1. The van der Waals surface area contributed by atoms with E-state index in [0.29, 0.717) is 16.7 Å². The van der Waals surface area contributed by atoms with Crippen LogP contribution in [0.3, 0.4) is 0 Å². The molecule has 2 heterocycles. The minimum absolute atomic E-state index is 0.151. The molecule has 19 heavy (non-hydrogen) atoms. The van der Waals surface area contributed by atoms with Gasteiger partial charge in [-0.25, -0.2) is 13.4 Å². The lowest BCUT2D eigenvalue weighted by atomic mass is 10.1. The standard InChI is InChI=1S/C10H9BrCl2N2O3S/c11-7-3-14-9(12)2-8(7)15-4-6(1-10(15)16)5-19(13,17)18/h2-3,6H,1,4-5H2. The van der Waals surface area contributed by atoms with E-state index in [1.165, 1.54) is 11.1 Å². The lowest BCUT2D eigenvalue weighted by Crippen LogP contribution is -2.25. The maximum Gasteiger partial charge on any atom is 0.232 e. The van der Waals surface area contributed by atoms with Gasteiger partial charge in [-0.1, -0.05) is 11.6 Å². The molecule has 1 atom stereocenters. The van der Waals surface area contributed by atoms with Gasteiger partial charge in [0.25, 0.3) is 0 Å². The molecule has 0 bridgehead atoms. The number of hydrogen-bond donors (Lipinski definition) is 0. The lowest BCUT2D eigenvalue weighted by Gasteiger charge is -2.18. The first-order valence-electron chi connectivity index (χ1n) is 5.30. The summed E-state index contributed by atoms with van der Waals surface area (Å²) in [5.74, 6) is -0.685. The van der Waals surface area contributed by atoms with E-state index in [1.54, 1.807) is 6.07 Å². The molecule has 0 aromatic carbocycles. The summed E-state index contributed by atoms with van der Waals surface area (Å²) in [6.45, 7) is 0.295. The molecule has 0 aliphatic carbocycles. The average Bonchev–Trinajstić information content (AvgIpc) is 2.60. The second-order valence-electron chi connectivity index (χ2n) is 4.24. The van der Waals surface area contributed by atoms with Gasteiger partial charge in [0.15, 0.2) is 0 Å². The van der Waals surface area contributed by atoms with E-state index < -0.39 is 9.05 Å². The fourth-order valence-electron chi connectivity index (χ4n) is 2.02. The number of halogens is 3. The van der Waals surface area contributed by atoms with Gasteiger partial charge in [-0.3, -0.25) is 4.79 Å². The van der Waals surface area contributed by atoms with Crippen LogP contribution in [0.1, 0.15) is 6.42 Å². The third-order valence-corrected chi connectivity index (χ3v) is 4.80. The normalized spacial score (nSPS) is 20.1. The van der Waals surface area contributed by atoms with Crippen molar-refractivity contribution in [1.82, 2.24) is 4.98 Å². The molecular weight excluding hydrogens is 379 g/mol. The first kappa shape index (κ1) is 15.0. The highest BCUT2D eigenvalue weighted by molar-refractivity contribution is 9.10. The van der Waals surface area contributed by atoms with Crippen LogP contribution in [-0.4, -0.2) is 31.6 Å². The number of amides is 1. The largest absolute Gasteiger partial charge is 0.311 e. The maximum absolute atomic E-state index is 11.9. The molecule has 5 nitrogen and oxygen atoms in total. The predicted molar refractivity (Wildman–Crippen MR) is 77.0 cm³/mol. The Kier molecular flexibility index (Phi) is 4.39. The van der Waals surface area contributed by atoms with Crippen molar-refractivity contribution in [1.29, 1.82) is 0 Å². The lowest BCUT2D eigenvalue weighted by molar-refractivity contribution is -0.117. The maximum atomic E-state index is 11.9. The van der Waals surface area contributed by atoms with Gasteiger partial charge in [0.05, 0.1) is 15.9 Å². The summed E-state index contributed by atoms with van der Waals surface area (Å²) < 4.78 is 22.7. The number of aromatic nitrogens is 1. The molecule has 1 fully saturated rings. The van der Waals surface area contributed by atoms with Crippen molar-refractivity contribution in [2.75, 3.05) is 17.2 Å². The van der Waals surface area contributed by atoms with Crippen molar-refractivity contribution in [3.05, 3.63) is 21.9 Å². The molecular formula is C10H9BrCl2N2O3S. The van der Waals surface area contributed by atoms with Crippen molar-refractivity contribution >= 4 is 58.9 Å². The van der Waals surface area contributed by atoms with Crippen molar-refractivity contribution < 1.29 is 13.2 Å². The molecule has 9 heteroatoms. The molecule has 104 valence electrons. The second-order valence-corrected chi connectivity index (χ2v) is 8.30. The van der Waals surface area contributed by atoms with Crippen LogP contribution in [0, 0.1) is 5.92 Å². The Morgan fingerprint density at radius 2 is 2.21 bits per heavy atom. The van der Waals surface area contributed by atoms with Gasteiger partial charge in [0, 0.05) is 41.8 Å². The molecule has 1 aliphatic rings. The van der Waals surface area contributed by atoms with Gasteiger partial charge in [0.1, 0.15) is 5.15 Å². The third-order valence-electron chi connectivity index (χ3n) is 2.73. The zero-order valence-electron chi connectivity index (χ0n) is 9.51. The second kappa shape index (κ2) is 5.55. The Morgan fingerprint density at radius 3 is 2.84 bits per heavy atom. The van der Waals surface area contributed by atoms with Gasteiger partial charge >= 0.3 is 0 Å². The topological polar surface area (TPSA) is 67.3 Å². The fraction of sp³-hybridized carbons (Fsp3) is 0.400. The number of hydrogen-bond acceptors (Lipinski definition) is 4. The van der Waals surface area contributed by atoms with Crippen LogP contribution in [0.15, 0.2) is 16.7 Å². The van der Waals surface area contributed by atoms with Crippen LogP contribution in [0.25, 0.3) is 0 Å². The highest BCUT2D eigenvalue weighted by Gasteiger charge is 2.34. The summed E-state index contributed by atoms with van der Waals surface area (Å²) in [4.78, 5) is 17.3. The quantitative estimate of drug-likeness (QED) is 0.590. The predicted octanol–water partition coefficient (Wildman–Crippen LogP) is 2.42. The fourth-order valence-corrected chi connectivity index (χ4v) is 3.92. The van der Waals surface area contributed by atoms with Gasteiger partial charge in [-0.05, 0) is 15.9 Å². The SMILES string of the molecule is O=C1CC(CS(=O)(=O)Cl)CN1c1cc(Cl)ncc1Br. The summed E-state index contributed by atoms with van der Waals surface area (Å²) in [7, 11) is 1.60. The molecule has 1 unspecified atom stereocenters. The Bertz CT molecular complexity index is 623. The van der Waals surface area contributed by atoms with Gasteiger partial charge < -0.3 is 4.90 Å². The summed E-state index contributed by atoms with van der Waals surface area (Å²) in [6.07, 6.45) is 1.65. The molecule has 0 saturated carbocycles. The first-order valence-corrected chi connectivity index (χ1v) is 8.95. The van der Waals surface area contributed by atoms with Gasteiger partial charge in [0.2, 0.25) is 15.0 Å². The summed E-state index contributed by atoms with van der Waals surface area (Å²) >= 11 is 9.09. The zero-order valence-corrected chi connectivity index (χ0v) is 13.4. The van der Waals surface area contributed by atoms with Crippen LogP contribution in [0.2, 0.25) is 5.15 Å². The number of carbonyl (C=O) groups excluding carboxylic acids is 1. The van der Waals surface area contributed by atoms with E-state index in [-0.39, 0.29) is 29.2 Å². The summed E-state index contributed by atoms with van der Waals surface area (Å²) in [5, 5.41) is 0.263. The molecule has 1 aromatic rings. The average molecular weight is 388 g/mol. The minimum Gasteiger partial charge on any atom is -0.311 e. The smallest absolute Gasteiger partial charge is 0.232 e. The molecule has 0 radical (unpaired) electrons. The highest BCUT2D eigenvalue weighted by atomic mass is 79.9. The summed E-state index contributed by atoms with van der Waals surface area (Å²) in [5.41, 5.74) is 0.583. The minimum atomic E-state index is -3.61. The van der Waals surface area contributed by atoms with E-state index in [1.807, 2.05) is 0 Å². The highest BCUT2D eigenvalue weighted by Crippen LogP contribution is 2.33. The van der Waals surface area contributed by atoms with E-state index in [9.17, 15) is 13.2 Å². The van der Waals surface area contributed by atoms with Crippen molar-refractivity contribution in [3.63, 3.8) is 0 Å². The summed E-state index contributed by atoms with van der Waals surface area (Å²) in [6, 6.07) is 1.56. The van der Waals surface area contributed by atoms with Crippen molar-refractivity contribution in [2.24, 2.45) is 5.92 Å². The number of rotatable bonds is 3. The van der Waals surface area contributed by atoms with E-state index in [2.05, 4.69) is 20.9 Å². The first-order chi connectivity index (χ1) is 8.76. The third kappa shape index (κ3) is 3.81.